The highest BCUT2D eigenvalue weighted by Gasteiger charge is 2.61. The van der Waals surface area contributed by atoms with Crippen molar-refractivity contribution in [3.05, 3.63) is 0 Å². The Balaban J connectivity index is 1.54. The molecule has 10 heteroatoms. The van der Waals surface area contributed by atoms with Crippen LogP contribution < -0.4 is 0 Å². The summed E-state index contributed by atoms with van der Waals surface area (Å²) in [5, 5.41) is 17.6. The van der Waals surface area contributed by atoms with E-state index in [4.69, 9.17) is 20.0 Å². The fourth-order valence-electron chi connectivity index (χ4n) is 6.92. The minimum Gasteiger partial charge on any atom is -0.424 e. The van der Waals surface area contributed by atoms with Crippen molar-refractivity contribution in [2.24, 2.45) is 23.7 Å². The molecule has 194 valence electrons. The first kappa shape index (κ1) is 25.9. The van der Waals surface area contributed by atoms with Gasteiger partial charge in [0.25, 0.3) is 12.5 Å². The van der Waals surface area contributed by atoms with E-state index in [1.54, 1.807) is 12.5 Å². The van der Waals surface area contributed by atoms with Crippen LogP contribution in [-0.2, 0) is 28.7 Å². The standard InChI is InChI=1S/C26H34N4O6/c1-3-19-21(25(33)29(23(19)31)15-5-9-17(10-6-15)35-13-27)22-20(4-2)24(32)30(26(22)34)16-7-11-18(12-8-16)36-14-28/h15-22H,3-12H2,1-2H3. The second-order valence-electron chi connectivity index (χ2n) is 10.5. The molecule has 2 saturated heterocycles. The third-order valence-corrected chi connectivity index (χ3v) is 8.74. The fraction of sp³-hybridized carbons (Fsp3) is 0.769. The van der Waals surface area contributed by atoms with Crippen LogP contribution in [0.4, 0.5) is 0 Å². The minimum atomic E-state index is -0.833. The minimum absolute atomic E-state index is 0.197. The molecule has 4 rings (SSSR count). The number of imide groups is 2. The molecule has 0 spiro atoms. The average Bonchev–Trinajstić information content (AvgIpc) is 3.27. The summed E-state index contributed by atoms with van der Waals surface area (Å²) in [6.07, 6.45) is 8.45. The van der Waals surface area contributed by atoms with Crippen LogP contribution in [0.2, 0.25) is 0 Å². The predicted molar refractivity (Wildman–Crippen MR) is 124 cm³/mol. The van der Waals surface area contributed by atoms with E-state index >= 15 is 0 Å². The Morgan fingerprint density at radius 3 is 1.25 bits per heavy atom. The van der Waals surface area contributed by atoms with Gasteiger partial charge in [-0.2, -0.15) is 10.5 Å². The first-order valence-corrected chi connectivity index (χ1v) is 13.2. The maximum Gasteiger partial charge on any atom is 0.286 e. The van der Waals surface area contributed by atoms with E-state index in [2.05, 4.69) is 0 Å². The zero-order valence-corrected chi connectivity index (χ0v) is 20.9. The molecular weight excluding hydrogens is 464 g/mol. The summed E-state index contributed by atoms with van der Waals surface area (Å²) in [6, 6.07) is -0.553. The summed E-state index contributed by atoms with van der Waals surface area (Å²) < 4.78 is 10.1. The Morgan fingerprint density at radius 2 is 0.972 bits per heavy atom. The highest BCUT2D eigenvalue weighted by atomic mass is 16.5. The van der Waals surface area contributed by atoms with Crippen LogP contribution in [0.15, 0.2) is 0 Å². The summed E-state index contributed by atoms with van der Waals surface area (Å²) >= 11 is 0. The van der Waals surface area contributed by atoms with Gasteiger partial charge in [0.1, 0.15) is 12.2 Å². The second-order valence-corrected chi connectivity index (χ2v) is 10.5. The molecule has 4 unspecified atom stereocenters. The van der Waals surface area contributed by atoms with Crippen LogP contribution in [0.1, 0.15) is 78.1 Å². The molecule has 2 aliphatic carbocycles. The van der Waals surface area contributed by atoms with Gasteiger partial charge < -0.3 is 9.47 Å². The van der Waals surface area contributed by atoms with E-state index < -0.39 is 23.7 Å². The number of ether oxygens (including phenoxy) is 2. The molecule has 36 heavy (non-hydrogen) atoms. The van der Waals surface area contributed by atoms with Gasteiger partial charge in [0.15, 0.2) is 0 Å². The first-order valence-electron chi connectivity index (χ1n) is 13.2. The normalized spacial score (nSPS) is 37.1. The monoisotopic (exact) mass is 498 g/mol. The Hall–Kier alpha value is -3.14. The van der Waals surface area contributed by atoms with E-state index in [-0.39, 0.29) is 47.9 Å². The summed E-state index contributed by atoms with van der Waals surface area (Å²) in [5.41, 5.74) is 0. The van der Waals surface area contributed by atoms with Gasteiger partial charge in [0.2, 0.25) is 23.6 Å². The third kappa shape index (κ3) is 4.42. The topological polar surface area (TPSA) is 141 Å². The molecule has 0 aromatic carbocycles. The van der Waals surface area contributed by atoms with Gasteiger partial charge in [0.05, 0.1) is 23.7 Å². The van der Waals surface area contributed by atoms with Crippen LogP contribution in [-0.4, -0.2) is 57.7 Å². The second kappa shape index (κ2) is 10.9. The molecule has 0 radical (unpaired) electrons. The van der Waals surface area contributed by atoms with Crippen molar-refractivity contribution < 1.29 is 28.7 Å². The molecule has 10 nitrogen and oxygen atoms in total. The van der Waals surface area contributed by atoms with Gasteiger partial charge in [-0.25, -0.2) is 0 Å². The number of amides is 4. The summed E-state index contributed by atoms with van der Waals surface area (Å²) in [7, 11) is 0. The van der Waals surface area contributed by atoms with E-state index in [0.717, 1.165) is 0 Å². The fourth-order valence-corrected chi connectivity index (χ4v) is 6.92. The number of hydrogen-bond donors (Lipinski definition) is 0. The van der Waals surface area contributed by atoms with Crippen molar-refractivity contribution >= 4 is 23.6 Å². The Bertz CT molecular complexity index is 892. The SMILES string of the molecule is CCC1C(=O)N(C2CCC(OC#N)CC2)C(=O)C1C1C(=O)N(C2CCC(OC#N)CC2)C(=O)C1CC. The average molecular weight is 499 g/mol. The van der Waals surface area contributed by atoms with E-state index in [1.807, 2.05) is 13.8 Å². The summed E-state index contributed by atoms with van der Waals surface area (Å²) in [5.74, 6) is -4.09. The molecule has 2 aliphatic heterocycles. The summed E-state index contributed by atoms with van der Waals surface area (Å²) in [6.45, 7) is 3.70. The highest BCUT2D eigenvalue weighted by Crippen LogP contribution is 2.46. The molecule has 4 amide bonds. The van der Waals surface area contributed by atoms with Crippen molar-refractivity contribution in [3.8, 4) is 12.5 Å². The maximum atomic E-state index is 13.8. The number of carbonyl (C=O) groups excluding carboxylic acids is 4. The predicted octanol–water partition coefficient (Wildman–Crippen LogP) is 2.63. The van der Waals surface area contributed by atoms with Gasteiger partial charge >= 0.3 is 0 Å². The number of carbonyl (C=O) groups is 4. The van der Waals surface area contributed by atoms with Crippen molar-refractivity contribution in [2.45, 2.75) is 102 Å². The van der Waals surface area contributed by atoms with Crippen LogP contribution in [0.5, 0.6) is 0 Å². The molecule has 0 N–H and O–H groups in total. The molecule has 4 aliphatic rings. The van der Waals surface area contributed by atoms with Gasteiger partial charge in [0, 0.05) is 12.1 Å². The van der Waals surface area contributed by atoms with Gasteiger partial charge in [-0.3, -0.25) is 29.0 Å². The lowest BCUT2D eigenvalue weighted by Gasteiger charge is -2.33. The molecule has 4 atom stereocenters. The van der Waals surface area contributed by atoms with Gasteiger partial charge in [-0.05, 0) is 64.2 Å². The maximum absolute atomic E-state index is 13.8. The third-order valence-electron chi connectivity index (χ3n) is 8.74. The zero-order chi connectivity index (χ0) is 26.0. The lowest BCUT2D eigenvalue weighted by atomic mass is 9.75. The van der Waals surface area contributed by atoms with Gasteiger partial charge in [-0.1, -0.05) is 13.8 Å². The van der Waals surface area contributed by atoms with Crippen LogP contribution in [0.25, 0.3) is 0 Å². The van der Waals surface area contributed by atoms with E-state index in [0.29, 0.717) is 64.2 Å². The van der Waals surface area contributed by atoms with E-state index in [1.165, 1.54) is 9.80 Å². The quantitative estimate of drug-likeness (QED) is 0.385. The van der Waals surface area contributed by atoms with Crippen LogP contribution in [0.3, 0.4) is 0 Å². The molecule has 0 aromatic rings. The molecule has 0 aromatic heterocycles. The Kier molecular flexibility index (Phi) is 7.82. The number of rotatable bonds is 7. The lowest BCUT2D eigenvalue weighted by Crippen LogP contribution is -2.45. The number of likely N-dealkylation sites (tertiary alicyclic amines) is 2. The Labute approximate surface area is 211 Å². The van der Waals surface area contributed by atoms with E-state index in [9.17, 15) is 19.2 Å². The molecule has 2 saturated carbocycles. The van der Waals surface area contributed by atoms with Crippen molar-refractivity contribution in [1.29, 1.82) is 10.5 Å². The van der Waals surface area contributed by atoms with Crippen molar-refractivity contribution in [2.75, 3.05) is 0 Å². The zero-order valence-electron chi connectivity index (χ0n) is 20.9. The number of nitriles is 2. The molecular formula is C26H34N4O6. The largest absolute Gasteiger partial charge is 0.424 e. The highest BCUT2D eigenvalue weighted by molar-refractivity contribution is 6.12. The molecule has 0 bridgehead atoms. The summed E-state index contributed by atoms with van der Waals surface area (Å²) in [4.78, 5) is 57.2. The molecule has 4 fully saturated rings. The van der Waals surface area contributed by atoms with Gasteiger partial charge in [-0.15, -0.1) is 0 Å². The number of nitrogens with zero attached hydrogens (tertiary/aromatic N) is 4. The van der Waals surface area contributed by atoms with Crippen molar-refractivity contribution in [1.82, 2.24) is 9.80 Å². The van der Waals surface area contributed by atoms with Crippen LogP contribution in [0, 0.1) is 46.7 Å². The lowest BCUT2D eigenvalue weighted by molar-refractivity contribution is -0.148. The number of hydrogen-bond acceptors (Lipinski definition) is 8. The molecule has 2 heterocycles. The first-order chi connectivity index (χ1) is 17.4. The Morgan fingerprint density at radius 1 is 0.639 bits per heavy atom. The van der Waals surface area contributed by atoms with Crippen molar-refractivity contribution in [3.63, 3.8) is 0 Å². The smallest absolute Gasteiger partial charge is 0.286 e. The van der Waals surface area contributed by atoms with Crippen LogP contribution >= 0.6 is 0 Å².